The third kappa shape index (κ3) is 6.61. The summed E-state index contributed by atoms with van der Waals surface area (Å²) in [5.74, 6) is -0.752. The summed E-state index contributed by atoms with van der Waals surface area (Å²) in [5, 5.41) is 41.0. The van der Waals surface area contributed by atoms with Gasteiger partial charge < -0.3 is 44.1 Å². The van der Waals surface area contributed by atoms with E-state index >= 15 is 0 Å². The molecule has 2 aliphatic rings. The Labute approximate surface area is 220 Å². The number of ether oxygens (including phenoxy) is 5. The molecule has 1 aliphatic carbocycles. The standard InChI is InChI=1S/C27H34O11/c1-14-16(10-17(28)11-27(14,2)3)12-37-26-25(33)24(32)23(31)20(38-26)13-36-21(29)7-6-15-8-18(34-4)22(30)19(9-15)35-5/h6-10,20,23-26,30-33H,1,11-13H2,2-5H3/t20-,23-,24+,25-,26-/m1/s1. The minimum absolute atomic E-state index is 0.0800. The van der Waals surface area contributed by atoms with Gasteiger partial charge in [-0.1, -0.05) is 20.4 Å². The monoisotopic (exact) mass is 534 g/mol. The van der Waals surface area contributed by atoms with Crippen LogP contribution in [0.15, 0.2) is 42.0 Å². The molecule has 38 heavy (non-hydrogen) atoms. The van der Waals surface area contributed by atoms with Crippen LogP contribution in [0.1, 0.15) is 25.8 Å². The molecule has 1 aromatic rings. The maximum absolute atomic E-state index is 12.3. The summed E-state index contributed by atoms with van der Waals surface area (Å²) in [6.45, 7) is 7.25. The lowest BCUT2D eigenvalue weighted by Crippen LogP contribution is -2.59. The number of methoxy groups -OCH3 is 2. The molecule has 0 bridgehead atoms. The van der Waals surface area contributed by atoms with E-state index in [1.54, 1.807) is 0 Å². The van der Waals surface area contributed by atoms with Gasteiger partial charge in [0.15, 0.2) is 23.6 Å². The van der Waals surface area contributed by atoms with E-state index in [1.807, 2.05) is 13.8 Å². The van der Waals surface area contributed by atoms with E-state index in [4.69, 9.17) is 23.7 Å². The molecule has 0 spiro atoms. The Bertz CT molecular complexity index is 1100. The molecule has 4 N–H and O–H groups in total. The molecule has 11 heteroatoms. The molecule has 0 saturated carbocycles. The van der Waals surface area contributed by atoms with Crippen LogP contribution in [-0.4, -0.2) is 90.3 Å². The molecule has 5 atom stereocenters. The van der Waals surface area contributed by atoms with Crippen LogP contribution in [0, 0.1) is 5.41 Å². The van der Waals surface area contributed by atoms with E-state index in [-0.39, 0.29) is 29.6 Å². The third-order valence-corrected chi connectivity index (χ3v) is 6.53. The van der Waals surface area contributed by atoms with Crippen molar-refractivity contribution in [1.82, 2.24) is 0 Å². The van der Waals surface area contributed by atoms with Crippen molar-refractivity contribution in [1.29, 1.82) is 0 Å². The molecule has 3 rings (SSSR count). The van der Waals surface area contributed by atoms with Gasteiger partial charge in [-0.2, -0.15) is 0 Å². The first-order chi connectivity index (χ1) is 17.9. The summed E-state index contributed by atoms with van der Waals surface area (Å²) >= 11 is 0. The number of esters is 1. The number of hydrogen-bond acceptors (Lipinski definition) is 11. The smallest absolute Gasteiger partial charge is 0.330 e. The van der Waals surface area contributed by atoms with Crippen molar-refractivity contribution in [3.8, 4) is 17.2 Å². The number of phenolic OH excluding ortho intramolecular Hbond substituents is 1. The average molecular weight is 535 g/mol. The highest BCUT2D eigenvalue weighted by Gasteiger charge is 2.45. The number of aliphatic hydroxyl groups excluding tert-OH is 3. The van der Waals surface area contributed by atoms with Crippen LogP contribution < -0.4 is 9.47 Å². The van der Waals surface area contributed by atoms with E-state index in [9.17, 15) is 30.0 Å². The number of phenols is 1. The zero-order valence-corrected chi connectivity index (χ0v) is 21.7. The lowest BCUT2D eigenvalue weighted by Gasteiger charge is -2.40. The number of rotatable bonds is 9. The van der Waals surface area contributed by atoms with E-state index in [0.717, 1.165) is 6.08 Å². The molecule has 11 nitrogen and oxygen atoms in total. The molecule has 1 aromatic carbocycles. The van der Waals surface area contributed by atoms with Crippen LogP contribution in [-0.2, 0) is 23.8 Å². The minimum atomic E-state index is -1.63. The number of hydrogen-bond donors (Lipinski definition) is 4. The fraction of sp³-hybridized carbons (Fsp3) is 0.481. The lowest BCUT2D eigenvalue weighted by molar-refractivity contribution is -0.299. The number of aliphatic hydroxyl groups is 3. The number of ketones is 1. The Morgan fingerprint density at radius 1 is 1.13 bits per heavy atom. The summed E-state index contributed by atoms with van der Waals surface area (Å²) < 4.78 is 26.5. The first-order valence-electron chi connectivity index (χ1n) is 11.9. The highest BCUT2D eigenvalue weighted by atomic mass is 16.7. The summed E-state index contributed by atoms with van der Waals surface area (Å²) in [6.07, 6.45) is -3.08. The van der Waals surface area contributed by atoms with Crippen molar-refractivity contribution in [3.05, 3.63) is 47.6 Å². The van der Waals surface area contributed by atoms with Crippen LogP contribution in [0.5, 0.6) is 17.2 Å². The van der Waals surface area contributed by atoms with Crippen molar-refractivity contribution in [2.75, 3.05) is 27.4 Å². The molecule has 1 heterocycles. The molecular weight excluding hydrogens is 500 g/mol. The molecule has 1 fully saturated rings. The maximum Gasteiger partial charge on any atom is 0.330 e. The van der Waals surface area contributed by atoms with Gasteiger partial charge in [-0.15, -0.1) is 0 Å². The van der Waals surface area contributed by atoms with Gasteiger partial charge in [0.2, 0.25) is 5.75 Å². The summed E-state index contributed by atoms with van der Waals surface area (Å²) in [7, 11) is 2.74. The average Bonchev–Trinajstić information content (AvgIpc) is 2.87. The van der Waals surface area contributed by atoms with Crippen LogP contribution >= 0.6 is 0 Å². The first kappa shape index (κ1) is 29.3. The van der Waals surface area contributed by atoms with Gasteiger partial charge in [0.05, 0.1) is 20.8 Å². The Morgan fingerprint density at radius 3 is 2.37 bits per heavy atom. The highest BCUT2D eigenvalue weighted by molar-refractivity contribution is 5.93. The van der Waals surface area contributed by atoms with Gasteiger partial charge >= 0.3 is 5.97 Å². The van der Waals surface area contributed by atoms with Gasteiger partial charge in [0.1, 0.15) is 31.0 Å². The number of carbonyl (C=O) groups is 2. The van der Waals surface area contributed by atoms with Crippen molar-refractivity contribution in [2.24, 2.45) is 5.41 Å². The van der Waals surface area contributed by atoms with Gasteiger partial charge in [-0.05, 0) is 46.4 Å². The lowest BCUT2D eigenvalue weighted by atomic mass is 9.73. The maximum atomic E-state index is 12.3. The van der Waals surface area contributed by atoms with Crippen LogP contribution in [0.25, 0.3) is 6.08 Å². The van der Waals surface area contributed by atoms with Gasteiger partial charge in [-0.3, -0.25) is 4.79 Å². The van der Waals surface area contributed by atoms with Gasteiger partial charge in [0.25, 0.3) is 0 Å². The molecule has 0 unspecified atom stereocenters. The largest absolute Gasteiger partial charge is 0.502 e. The van der Waals surface area contributed by atoms with Gasteiger partial charge in [-0.25, -0.2) is 4.79 Å². The zero-order chi connectivity index (χ0) is 28.2. The molecular formula is C27H34O11. The summed E-state index contributed by atoms with van der Waals surface area (Å²) in [5.41, 5.74) is 1.28. The number of benzene rings is 1. The third-order valence-electron chi connectivity index (χ3n) is 6.53. The second-order valence-electron chi connectivity index (χ2n) is 9.74. The van der Waals surface area contributed by atoms with Crippen LogP contribution in [0.2, 0.25) is 0 Å². The van der Waals surface area contributed by atoms with Crippen molar-refractivity contribution in [2.45, 2.75) is 51.0 Å². The second-order valence-corrected chi connectivity index (χ2v) is 9.74. The molecule has 0 aromatic heterocycles. The van der Waals surface area contributed by atoms with E-state index in [0.29, 0.717) is 23.1 Å². The van der Waals surface area contributed by atoms with Crippen molar-refractivity contribution < 1.29 is 53.7 Å². The Hall–Kier alpha value is -3.22. The Balaban J connectivity index is 1.61. The summed E-state index contributed by atoms with van der Waals surface area (Å²) in [6, 6.07) is 2.97. The highest BCUT2D eigenvalue weighted by Crippen LogP contribution is 2.39. The molecule has 0 radical (unpaired) electrons. The fourth-order valence-electron chi connectivity index (χ4n) is 4.19. The predicted molar refractivity (Wildman–Crippen MR) is 134 cm³/mol. The quantitative estimate of drug-likeness (QED) is 0.267. The van der Waals surface area contributed by atoms with E-state index in [1.165, 1.54) is 38.5 Å². The number of carbonyl (C=O) groups excluding carboxylic acids is 2. The molecule has 1 aliphatic heterocycles. The SMILES string of the molecule is C=C1C(CO[C@@H]2O[C@H](COC(=O)C=Cc3cc(OC)c(O)c(OC)c3)[C@@H](O)[C@H](O)[C@H]2O)=CC(=O)CC1(C)C. The molecule has 208 valence electrons. The summed E-state index contributed by atoms with van der Waals surface area (Å²) in [4.78, 5) is 24.3. The minimum Gasteiger partial charge on any atom is -0.502 e. The van der Waals surface area contributed by atoms with Crippen LogP contribution in [0.3, 0.4) is 0 Å². The number of allylic oxidation sites excluding steroid dienone is 1. The van der Waals surface area contributed by atoms with E-state index in [2.05, 4.69) is 6.58 Å². The zero-order valence-electron chi connectivity index (χ0n) is 21.7. The van der Waals surface area contributed by atoms with Crippen molar-refractivity contribution in [3.63, 3.8) is 0 Å². The predicted octanol–water partition coefficient (Wildman–Crippen LogP) is 1.27. The van der Waals surface area contributed by atoms with Crippen molar-refractivity contribution >= 4 is 17.8 Å². The topological polar surface area (TPSA) is 161 Å². The Morgan fingerprint density at radius 2 is 1.76 bits per heavy atom. The first-order valence-corrected chi connectivity index (χ1v) is 11.9. The second kappa shape index (κ2) is 12.1. The molecule has 1 saturated heterocycles. The normalized spacial score (nSPS) is 27.2. The fourth-order valence-corrected chi connectivity index (χ4v) is 4.19. The Kier molecular flexibility index (Phi) is 9.34. The number of aromatic hydroxyl groups is 1. The van der Waals surface area contributed by atoms with Crippen LogP contribution in [0.4, 0.5) is 0 Å². The molecule has 0 amide bonds. The van der Waals surface area contributed by atoms with E-state index < -0.39 is 48.7 Å². The van der Waals surface area contributed by atoms with Gasteiger partial charge in [0, 0.05) is 12.5 Å².